The number of anilines is 1. The van der Waals surface area contributed by atoms with E-state index in [4.69, 9.17) is 18.0 Å². The minimum atomic E-state index is -4.51. The summed E-state index contributed by atoms with van der Waals surface area (Å²) in [6.45, 7) is 1.86. The molecule has 0 aromatic heterocycles. The van der Waals surface area contributed by atoms with Crippen LogP contribution in [0.15, 0.2) is 22.7 Å². The molecular formula is C13H14BrF3N2OS. The van der Waals surface area contributed by atoms with Gasteiger partial charge in [0.2, 0.25) is 5.91 Å². The second-order valence-corrected chi connectivity index (χ2v) is 5.75. The SMILES string of the molecule is CCCC(C(=O)Nc1ccc(Br)c(C(F)(F)F)c1)C(N)=S. The summed E-state index contributed by atoms with van der Waals surface area (Å²) in [7, 11) is 0. The Morgan fingerprint density at radius 3 is 2.57 bits per heavy atom. The molecule has 0 saturated carbocycles. The second-order valence-electron chi connectivity index (χ2n) is 4.43. The van der Waals surface area contributed by atoms with Crippen molar-refractivity contribution in [2.75, 3.05) is 5.32 Å². The summed E-state index contributed by atoms with van der Waals surface area (Å²) < 4.78 is 38.3. The van der Waals surface area contributed by atoms with Gasteiger partial charge >= 0.3 is 6.18 Å². The number of thiocarbonyl (C=S) groups is 1. The average molecular weight is 383 g/mol. The molecule has 0 aliphatic carbocycles. The van der Waals surface area contributed by atoms with E-state index in [2.05, 4.69) is 21.2 Å². The van der Waals surface area contributed by atoms with Crippen molar-refractivity contribution >= 4 is 44.7 Å². The van der Waals surface area contributed by atoms with Crippen molar-refractivity contribution in [1.29, 1.82) is 0 Å². The Kier molecular flexibility index (Phi) is 6.15. The topological polar surface area (TPSA) is 55.1 Å². The molecule has 1 atom stereocenters. The summed E-state index contributed by atoms with van der Waals surface area (Å²) in [6, 6.07) is 3.47. The first-order chi connectivity index (χ1) is 9.66. The number of carbonyl (C=O) groups is 1. The van der Waals surface area contributed by atoms with E-state index in [0.29, 0.717) is 12.8 Å². The Morgan fingerprint density at radius 2 is 2.10 bits per heavy atom. The molecule has 1 rings (SSSR count). The smallest absolute Gasteiger partial charge is 0.393 e. The number of nitrogens with two attached hydrogens (primary N) is 1. The second kappa shape index (κ2) is 7.22. The lowest BCUT2D eigenvalue weighted by Crippen LogP contribution is -2.33. The zero-order valence-corrected chi connectivity index (χ0v) is 13.5. The minimum Gasteiger partial charge on any atom is -0.393 e. The lowest BCUT2D eigenvalue weighted by molar-refractivity contribution is -0.138. The van der Waals surface area contributed by atoms with Gasteiger partial charge in [-0.1, -0.05) is 41.5 Å². The van der Waals surface area contributed by atoms with E-state index in [0.717, 1.165) is 6.07 Å². The van der Waals surface area contributed by atoms with Gasteiger partial charge in [0.15, 0.2) is 0 Å². The highest BCUT2D eigenvalue weighted by Crippen LogP contribution is 2.36. The lowest BCUT2D eigenvalue weighted by Gasteiger charge is -2.16. The molecule has 0 bridgehead atoms. The zero-order valence-electron chi connectivity index (χ0n) is 11.1. The van der Waals surface area contributed by atoms with Crippen LogP contribution in [0.2, 0.25) is 0 Å². The standard InChI is InChI=1S/C13H14BrF3N2OS/c1-2-3-8(11(18)21)12(20)19-7-4-5-10(14)9(6-7)13(15,16)17/h4-6,8H,2-3H2,1H3,(H2,18,21)(H,19,20). The van der Waals surface area contributed by atoms with E-state index >= 15 is 0 Å². The highest BCUT2D eigenvalue weighted by Gasteiger charge is 2.33. The van der Waals surface area contributed by atoms with Crippen LogP contribution in [-0.2, 0) is 11.0 Å². The molecule has 0 saturated heterocycles. The van der Waals surface area contributed by atoms with Crippen LogP contribution in [-0.4, -0.2) is 10.9 Å². The Hall–Kier alpha value is -1.15. The maximum absolute atomic E-state index is 12.8. The molecule has 21 heavy (non-hydrogen) atoms. The minimum absolute atomic E-state index is 0.0301. The number of alkyl halides is 3. The summed E-state index contributed by atoms with van der Waals surface area (Å²) in [4.78, 5) is 12.0. The van der Waals surface area contributed by atoms with Crippen molar-refractivity contribution < 1.29 is 18.0 Å². The number of hydrogen-bond acceptors (Lipinski definition) is 2. The third-order valence-corrected chi connectivity index (χ3v) is 3.75. The molecule has 0 heterocycles. The highest BCUT2D eigenvalue weighted by molar-refractivity contribution is 9.10. The van der Waals surface area contributed by atoms with Gasteiger partial charge in [0.05, 0.1) is 16.5 Å². The lowest BCUT2D eigenvalue weighted by atomic mass is 10.0. The van der Waals surface area contributed by atoms with Gasteiger partial charge < -0.3 is 11.1 Å². The predicted octanol–water partition coefficient (Wildman–Crippen LogP) is 4.11. The van der Waals surface area contributed by atoms with Crippen molar-refractivity contribution in [2.45, 2.75) is 25.9 Å². The van der Waals surface area contributed by atoms with Crippen LogP contribution in [0.25, 0.3) is 0 Å². The number of nitrogens with one attached hydrogen (secondary N) is 1. The summed E-state index contributed by atoms with van der Waals surface area (Å²) >= 11 is 7.65. The molecule has 1 amide bonds. The van der Waals surface area contributed by atoms with E-state index in [1.807, 2.05) is 6.92 Å². The monoisotopic (exact) mass is 382 g/mol. The maximum atomic E-state index is 12.8. The molecule has 0 aliphatic rings. The molecule has 1 aromatic rings. The Bertz CT molecular complexity index is 549. The Morgan fingerprint density at radius 1 is 1.48 bits per heavy atom. The van der Waals surface area contributed by atoms with Crippen molar-refractivity contribution in [2.24, 2.45) is 11.7 Å². The number of halogens is 4. The normalized spacial score (nSPS) is 12.8. The molecule has 3 nitrogen and oxygen atoms in total. The van der Waals surface area contributed by atoms with Gasteiger partial charge in [-0.3, -0.25) is 4.79 Å². The third kappa shape index (κ3) is 4.96. The van der Waals surface area contributed by atoms with E-state index in [-0.39, 0.29) is 15.1 Å². The molecule has 0 radical (unpaired) electrons. The molecule has 0 aliphatic heterocycles. The highest BCUT2D eigenvalue weighted by atomic mass is 79.9. The van der Waals surface area contributed by atoms with Gasteiger partial charge in [-0.05, 0) is 24.6 Å². The van der Waals surface area contributed by atoms with Crippen LogP contribution in [0.5, 0.6) is 0 Å². The maximum Gasteiger partial charge on any atom is 0.417 e. The van der Waals surface area contributed by atoms with Crippen molar-refractivity contribution in [1.82, 2.24) is 0 Å². The Balaban J connectivity index is 2.98. The number of hydrogen-bond donors (Lipinski definition) is 2. The summed E-state index contributed by atoms with van der Waals surface area (Å²) in [5.74, 6) is -1.19. The number of amides is 1. The number of benzene rings is 1. The molecule has 3 N–H and O–H groups in total. The fourth-order valence-electron chi connectivity index (χ4n) is 1.74. The average Bonchev–Trinajstić information content (AvgIpc) is 2.36. The molecule has 8 heteroatoms. The summed E-state index contributed by atoms with van der Waals surface area (Å²) in [6.07, 6.45) is -3.38. The van der Waals surface area contributed by atoms with Gasteiger partial charge in [-0.25, -0.2) is 0 Å². The van der Waals surface area contributed by atoms with Crippen molar-refractivity contribution in [3.63, 3.8) is 0 Å². The molecule has 0 fully saturated rings. The quantitative estimate of drug-likeness (QED) is 0.753. The van der Waals surface area contributed by atoms with Crippen LogP contribution >= 0.6 is 28.1 Å². The van der Waals surface area contributed by atoms with E-state index in [9.17, 15) is 18.0 Å². The molecule has 116 valence electrons. The van der Waals surface area contributed by atoms with Crippen LogP contribution in [0.4, 0.5) is 18.9 Å². The summed E-state index contributed by atoms with van der Waals surface area (Å²) in [5, 5.41) is 2.42. The van der Waals surface area contributed by atoms with Crippen molar-refractivity contribution in [3.05, 3.63) is 28.2 Å². The first-order valence-corrected chi connectivity index (χ1v) is 7.33. The van der Waals surface area contributed by atoms with Gasteiger partial charge in [0.25, 0.3) is 0 Å². The van der Waals surface area contributed by atoms with Crippen LogP contribution < -0.4 is 11.1 Å². The van der Waals surface area contributed by atoms with E-state index < -0.39 is 23.6 Å². The molecule has 1 aromatic carbocycles. The van der Waals surface area contributed by atoms with Crippen LogP contribution in [0, 0.1) is 5.92 Å². The van der Waals surface area contributed by atoms with Gasteiger partial charge in [0, 0.05) is 10.2 Å². The first kappa shape index (κ1) is 17.9. The predicted molar refractivity (Wildman–Crippen MR) is 83.0 cm³/mol. The van der Waals surface area contributed by atoms with Gasteiger partial charge in [-0.2, -0.15) is 13.2 Å². The zero-order chi connectivity index (χ0) is 16.2. The van der Waals surface area contributed by atoms with Gasteiger partial charge in [0.1, 0.15) is 0 Å². The third-order valence-electron chi connectivity index (χ3n) is 2.78. The first-order valence-electron chi connectivity index (χ1n) is 6.13. The molecular weight excluding hydrogens is 369 g/mol. The van der Waals surface area contributed by atoms with Crippen LogP contribution in [0.1, 0.15) is 25.3 Å². The van der Waals surface area contributed by atoms with Crippen molar-refractivity contribution in [3.8, 4) is 0 Å². The number of carbonyl (C=O) groups excluding carboxylic acids is 1. The van der Waals surface area contributed by atoms with Gasteiger partial charge in [-0.15, -0.1) is 0 Å². The molecule has 0 spiro atoms. The van der Waals surface area contributed by atoms with E-state index in [1.54, 1.807) is 0 Å². The summed E-state index contributed by atoms with van der Waals surface area (Å²) in [5.41, 5.74) is 4.67. The number of rotatable bonds is 5. The molecule has 1 unspecified atom stereocenters. The van der Waals surface area contributed by atoms with Crippen LogP contribution in [0.3, 0.4) is 0 Å². The Labute approximate surface area is 134 Å². The fraction of sp³-hybridized carbons (Fsp3) is 0.385. The van der Waals surface area contributed by atoms with E-state index in [1.165, 1.54) is 12.1 Å². The fourth-order valence-corrected chi connectivity index (χ4v) is 2.44. The largest absolute Gasteiger partial charge is 0.417 e.